The van der Waals surface area contributed by atoms with Crippen molar-refractivity contribution in [3.63, 3.8) is 0 Å². The van der Waals surface area contributed by atoms with Gasteiger partial charge in [0.25, 0.3) is 0 Å². The Balaban J connectivity index is 1.90. The van der Waals surface area contributed by atoms with E-state index in [4.69, 9.17) is 0 Å². The SMILES string of the molecule is CCc1nsc(N2CCCN(CC(=O)NC)CC2)n1. The van der Waals surface area contributed by atoms with Crippen molar-refractivity contribution in [2.45, 2.75) is 19.8 Å². The maximum absolute atomic E-state index is 11.4. The summed E-state index contributed by atoms with van der Waals surface area (Å²) < 4.78 is 4.33. The minimum atomic E-state index is 0.0811. The van der Waals surface area contributed by atoms with Crippen molar-refractivity contribution < 1.29 is 4.79 Å². The molecule has 0 unspecified atom stereocenters. The van der Waals surface area contributed by atoms with Crippen molar-refractivity contribution in [1.29, 1.82) is 0 Å². The zero-order valence-corrected chi connectivity index (χ0v) is 12.4. The number of rotatable bonds is 4. The summed E-state index contributed by atoms with van der Waals surface area (Å²) in [6.45, 7) is 6.32. The first kappa shape index (κ1) is 14.2. The van der Waals surface area contributed by atoms with E-state index >= 15 is 0 Å². The van der Waals surface area contributed by atoms with E-state index in [1.807, 2.05) is 0 Å². The van der Waals surface area contributed by atoms with Crippen molar-refractivity contribution in [2.75, 3.05) is 44.7 Å². The zero-order valence-electron chi connectivity index (χ0n) is 11.6. The number of amides is 1. The molecule has 2 heterocycles. The van der Waals surface area contributed by atoms with Crippen LogP contribution in [0.15, 0.2) is 0 Å². The molecule has 1 aliphatic heterocycles. The lowest BCUT2D eigenvalue weighted by molar-refractivity contribution is -0.121. The molecule has 0 aromatic carbocycles. The molecule has 1 amide bonds. The standard InChI is InChI=1S/C12H21N5OS/c1-3-10-14-12(19-15-10)17-6-4-5-16(7-8-17)9-11(18)13-2/h3-9H2,1-2H3,(H,13,18). The monoisotopic (exact) mass is 283 g/mol. The lowest BCUT2D eigenvalue weighted by Gasteiger charge is -2.20. The fourth-order valence-corrected chi connectivity index (χ4v) is 2.92. The predicted octanol–water partition coefficient (Wildman–Crippen LogP) is 0.359. The van der Waals surface area contributed by atoms with Crippen LogP contribution in [0.4, 0.5) is 5.13 Å². The van der Waals surface area contributed by atoms with Gasteiger partial charge in [0, 0.05) is 51.2 Å². The molecule has 2 rings (SSSR count). The van der Waals surface area contributed by atoms with E-state index in [1.54, 1.807) is 7.05 Å². The van der Waals surface area contributed by atoms with Gasteiger partial charge in [-0.05, 0) is 6.42 Å². The Hall–Kier alpha value is -1.21. The third-order valence-electron chi connectivity index (χ3n) is 3.28. The summed E-state index contributed by atoms with van der Waals surface area (Å²) in [5, 5.41) is 3.68. The summed E-state index contributed by atoms with van der Waals surface area (Å²) in [5.41, 5.74) is 0. The van der Waals surface area contributed by atoms with E-state index in [9.17, 15) is 4.79 Å². The molecule has 6 nitrogen and oxygen atoms in total. The number of anilines is 1. The molecule has 106 valence electrons. The quantitative estimate of drug-likeness (QED) is 0.864. The minimum Gasteiger partial charge on any atom is -0.358 e. The van der Waals surface area contributed by atoms with Gasteiger partial charge in [0.1, 0.15) is 5.82 Å². The van der Waals surface area contributed by atoms with E-state index in [0.717, 1.165) is 50.0 Å². The highest BCUT2D eigenvalue weighted by Crippen LogP contribution is 2.19. The molecule has 1 aliphatic rings. The molecule has 0 atom stereocenters. The van der Waals surface area contributed by atoms with Crippen LogP contribution in [-0.2, 0) is 11.2 Å². The van der Waals surface area contributed by atoms with Crippen LogP contribution in [0.3, 0.4) is 0 Å². The largest absolute Gasteiger partial charge is 0.358 e. The second-order valence-corrected chi connectivity index (χ2v) is 5.37. The highest BCUT2D eigenvalue weighted by Gasteiger charge is 2.19. The van der Waals surface area contributed by atoms with Crippen molar-refractivity contribution in [3.8, 4) is 0 Å². The number of likely N-dealkylation sites (N-methyl/N-ethyl adjacent to an activating group) is 1. The molecule has 0 radical (unpaired) electrons. The lowest BCUT2D eigenvalue weighted by atomic mass is 10.4. The number of carbonyl (C=O) groups is 1. The number of nitrogens with one attached hydrogen (secondary N) is 1. The fraction of sp³-hybridized carbons (Fsp3) is 0.750. The molecular formula is C12H21N5OS. The molecule has 0 bridgehead atoms. The van der Waals surface area contributed by atoms with E-state index in [0.29, 0.717) is 6.54 Å². The Kier molecular flexibility index (Phi) is 5.09. The van der Waals surface area contributed by atoms with Crippen LogP contribution in [0.1, 0.15) is 19.2 Å². The second kappa shape index (κ2) is 6.81. The average molecular weight is 283 g/mol. The Labute approximate surface area is 118 Å². The smallest absolute Gasteiger partial charge is 0.233 e. The molecule has 1 fully saturated rings. The Morgan fingerprint density at radius 3 is 2.89 bits per heavy atom. The molecule has 0 spiro atoms. The molecule has 1 aromatic rings. The van der Waals surface area contributed by atoms with Crippen molar-refractivity contribution in [1.82, 2.24) is 19.6 Å². The number of aryl methyl sites for hydroxylation is 1. The molecule has 1 aromatic heterocycles. The third-order valence-corrected chi connectivity index (χ3v) is 4.09. The highest BCUT2D eigenvalue weighted by molar-refractivity contribution is 7.09. The van der Waals surface area contributed by atoms with Crippen molar-refractivity contribution in [3.05, 3.63) is 5.82 Å². The van der Waals surface area contributed by atoms with Gasteiger partial charge in [-0.1, -0.05) is 6.92 Å². The van der Waals surface area contributed by atoms with Gasteiger partial charge in [0.05, 0.1) is 6.54 Å². The summed E-state index contributed by atoms with van der Waals surface area (Å²) in [5.74, 6) is 1.00. The number of nitrogens with zero attached hydrogens (tertiary/aromatic N) is 4. The van der Waals surface area contributed by atoms with Crippen LogP contribution in [0.2, 0.25) is 0 Å². The molecule has 7 heteroatoms. The first-order chi connectivity index (χ1) is 9.22. The first-order valence-electron chi connectivity index (χ1n) is 6.73. The fourth-order valence-electron chi connectivity index (χ4n) is 2.12. The van der Waals surface area contributed by atoms with E-state index < -0.39 is 0 Å². The van der Waals surface area contributed by atoms with Gasteiger partial charge in [0.15, 0.2) is 0 Å². The van der Waals surface area contributed by atoms with E-state index in [-0.39, 0.29) is 5.91 Å². The van der Waals surface area contributed by atoms with Gasteiger partial charge >= 0.3 is 0 Å². The van der Waals surface area contributed by atoms with Crippen LogP contribution in [0.25, 0.3) is 0 Å². The van der Waals surface area contributed by atoms with Gasteiger partial charge in [-0.25, -0.2) is 4.98 Å². The van der Waals surface area contributed by atoms with Gasteiger partial charge in [-0.15, -0.1) is 0 Å². The minimum absolute atomic E-state index is 0.0811. The van der Waals surface area contributed by atoms with Gasteiger partial charge < -0.3 is 10.2 Å². The second-order valence-electron chi connectivity index (χ2n) is 4.64. The van der Waals surface area contributed by atoms with Crippen LogP contribution in [-0.4, -0.2) is 59.9 Å². The van der Waals surface area contributed by atoms with E-state index in [2.05, 4.69) is 31.4 Å². The lowest BCUT2D eigenvalue weighted by Crippen LogP contribution is -2.38. The highest BCUT2D eigenvalue weighted by atomic mass is 32.1. The first-order valence-corrected chi connectivity index (χ1v) is 7.50. The Bertz CT molecular complexity index is 422. The van der Waals surface area contributed by atoms with Gasteiger partial charge in [-0.2, -0.15) is 4.37 Å². The van der Waals surface area contributed by atoms with Crippen LogP contribution >= 0.6 is 11.5 Å². The molecular weight excluding hydrogens is 262 g/mol. The number of carbonyl (C=O) groups excluding carboxylic acids is 1. The van der Waals surface area contributed by atoms with Crippen molar-refractivity contribution >= 4 is 22.6 Å². The van der Waals surface area contributed by atoms with E-state index in [1.165, 1.54) is 11.5 Å². The Morgan fingerprint density at radius 1 is 1.37 bits per heavy atom. The number of hydrogen-bond acceptors (Lipinski definition) is 6. The Morgan fingerprint density at radius 2 is 2.21 bits per heavy atom. The summed E-state index contributed by atoms with van der Waals surface area (Å²) in [6, 6.07) is 0. The van der Waals surface area contributed by atoms with Gasteiger partial charge in [-0.3, -0.25) is 9.69 Å². The van der Waals surface area contributed by atoms with Crippen molar-refractivity contribution in [2.24, 2.45) is 0 Å². The summed E-state index contributed by atoms with van der Waals surface area (Å²) in [4.78, 5) is 20.4. The summed E-state index contributed by atoms with van der Waals surface area (Å²) >= 11 is 1.48. The third kappa shape index (κ3) is 3.87. The number of aromatic nitrogens is 2. The topological polar surface area (TPSA) is 61.4 Å². The number of hydrogen-bond donors (Lipinski definition) is 1. The molecule has 1 N–H and O–H groups in total. The zero-order chi connectivity index (χ0) is 13.7. The van der Waals surface area contributed by atoms with Crippen LogP contribution < -0.4 is 10.2 Å². The normalized spacial score (nSPS) is 17.3. The summed E-state index contributed by atoms with van der Waals surface area (Å²) in [6.07, 6.45) is 1.94. The van der Waals surface area contributed by atoms with Crippen LogP contribution in [0.5, 0.6) is 0 Å². The molecule has 1 saturated heterocycles. The maximum Gasteiger partial charge on any atom is 0.233 e. The molecule has 19 heavy (non-hydrogen) atoms. The predicted molar refractivity (Wildman–Crippen MR) is 76.6 cm³/mol. The molecule has 0 aliphatic carbocycles. The summed E-state index contributed by atoms with van der Waals surface area (Å²) in [7, 11) is 1.68. The van der Waals surface area contributed by atoms with Gasteiger partial charge in [0.2, 0.25) is 11.0 Å². The average Bonchev–Trinajstić information content (AvgIpc) is 2.79. The van der Waals surface area contributed by atoms with Crippen LogP contribution in [0, 0.1) is 0 Å². The maximum atomic E-state index is 11.4. The molecule has 0 saturated carbocycles.